The molecule has 1 atom stereocenters. The zero-order valence-electron chi connectivity index (χ0n) is 14.3. The van der Waals surface area contributed by atoms with Gasteiger partial charge in [0.15, 0.2) is 0 Å². The van der Waals surface area contributed by atoms with Crippen molar-refractivity contribution in [2.45, 2.75) is 12.2 Å². The highest BCUT2D eigenvalue weighted by Crippen LogP contribution is 2.30. The van der Waals surface area contributed by atoms with Gasteiger partial charge in [0.05, 0.1) is 6.04 Å². The van der Waals surface area contributed by atoms with Gasteiger partial charge in [0.25, 0.3) is 5.91 Å². The number of hydrogen-bond donors (Lipinski definition) is 1. The lowest BCUT2D eigenvalue weighted by Crippen LogP contribution is -2.40. The second kappa shape index (κ2) is 7.82. The fourth-order valence-corrected chi connectivity index (χ4v) is 2.19. The average molecular weight is 390 g/mol. The number of aromatic nitrogens is 2. The molecule has 0 aliphatic heterocycles. The standard InChI is InChI=1S/C16H15F5N4O2/c1-4-9(7-25(2)3)22-14(26)12-10(17)5-8(6-11(12)18)13-23-15(27-24-13)16(19,20)21/h4-6,9H,1,7H2,2-3H3,(H,22,26)/t9-/m1/s1. The molecule has 0 aliphatic carbocycles. The highest BCUT2D eigenvalue weighted by atomic mass is 19.4. The SMILES string of the molecule is C=C[C@H](CN(C)C)NC(=O)c1c(F)cc(-c2noc(C(F)(F)F)n2)cc1F. The van der Waals surface area contributed by atoms with Crippen molar-refractivity contribution < 1.29 is 31.3 Å². The van der Waals surface area contributed by atoms with Crippen LogP contribution in [-0.4, -0.2) is 47.6 Å². The molecule has 0 spiro atoms. The Balaban J connectivity index is 2.30. The summed E-state index contributed by atoms with van der Waals surface area (Å²) in [7, 11) is 3.47. The van der Waals surface area contributed by atoms with E-state index in [9.17, 15) is 26.7 Å². The molecule has 1 heterocycles. The van der Waals surface area contributed by atoms with Gasteiger partial charge in [0.2, 0.25) is 5.82 Å². The lowest BCUT2D eigenvalue weighted by Gasteiger charge is -2.19. The molecule has 1 N–H and O–H groups in total. The van der Waals surface area contributed by atoms with Crippen molar-refractivity contribution in [3.05, 3.63) is 47.9 Å². The number of amides is 1. The molecule has 146 valence electrons. The molecule has 0 aliphatic rings. The molecule has 2 aromatic rings. The summed E-state index contributed by atoms with van der Waals surface area (Å²) >= 11 is 0. The van der Waals surface area contributed by atoms with E-state index in [1.54, 1.807) is 19.0 Å². The van der Waals surface area contributed by atoms with Crippen molar-refractivity contribution in [3.63, 3.8) is 0 Å². The molecular formula is C16H15F5N4O2. The number of alkyl halides is 3. The number of benzene rings is 1. The molecule has 27 heavy (non-hydrogen) atoms. The van der Waals surface area contributed by atoms with E-state index in [2.05, 4.69) is 26.6 Å². The minimum Gasteiger partial charge on any atom is -0.344 e. The van der Waals surface area contributed by atoms with Crippen LogP contribution < -0.4 is 5.32 Å². The first-order valence-electron chi connectivity index (χ1n) is 7.51. The van der Waals surface area contributed by atoms with E-state index in [1.807, 2.05) is 0 Å². The number of rotatable bonds is 6. The molecule has 0 saturated heterocycles. The monoisotopic (exact) mass is 390 g/mol. The predicted octanol–water partition coefficient (Wildman–Crippen LogP) is 2.88. The fraction of sp³-hybridized carbons (Fsp3) is 0.312. The number of nitrogens with one attached hydrogen (secondary N) is 1. The number of carbonyl (C=O) groups excluding carboxylic acids is 1. The van der Waals surface area contributed by atoms with Gasteiger partial charge in [-0.25, -0.2) is 8.78 Å². The zero-order chi connectivity index (χ0) is 20.4. The van der Waals surface area contributed by atoms with Crippen LogP contribution in [0.1, 0.15) is 16.2 Å². The molecule has 0 fully saturated rings. The largest absolute Gasteiger partial charge is 0.471 e. The van der Waals surface area contributed by atoms with Gasteiger partial charge in [-0.2, -0.15) is 18.2 Å². The van der Waals surface area contributed by atoms with E-state index in [-0.39, 0.29) is 0 Å². The molecule has 0 unspecified atom stereocenters. The maximum atomic E-state index is 14.3. The Labute approximate surface area is 150 Å². The molecule has 1 amide bonds. The van der Waals surface area contributed by atoms with Gasteiger partial charge in [-0.1, -0.05) is 11.2 Å². The Hall–Kier alpha value is -2.82. The van der Waals surface area contributed by atoms with Crippen molar-refractivity contribution in [2.24, 2.45) is 0 Å². The van der Waals surface area contributed by atoms with Crippen molar-refractivity contribution in [1.29, 1.82) is 0 Å². The third kappa shape index (κ3) is 4.88. The second-order valence-electron chi connectivity index (χ2n) is 5.81. The van der Waals surface area contributed by atoms with Crippen molar-refractivity contribution in [3.8, 4) is 11.4 Å². The van der Waals surface area contributed by atoms with Crippen molar-refractivity contribution in [2.75, 3.05) is 20.6 Å². The van der Waals surface area contributed by atoms with Crippen molar-refractivity contribution >= 4 is 5.91 Å². The Morgan fingerprint density at radius 3 is 2.37 bits per heavy atom. The number of carbonyl (C=O) groups is 1. The zero-order valence-corrected chi connectivity index (χ0v) is 14.3. The summed E-state index contributed by atoms with van der Waals surface area (Å²) in [6.07, 6.45) is -3.49. The molecule has 11 heteroatoms. The van der Waals surface area contributed by atoms with Gasteiger partial charge in [-0.05, 0) is 26.2 Å². The van der Waals surface area contributed by atoms with Crippen LogP contribution in [0.5, 0.6) is 0 Å². The Kier molecular flexibility index (Phi) is 5.94. The molecule has 0 bridgehead atoms. The Bertz CT molecular complexity index is 825. The maximum Gasteiger partial charge on any atom is 0.471 e. The number of nitrogens with zero attached hydrogens (tertiary/aromatic N) is 3. The van der Waals surface area contributed by atoms with E-state index in [0.717, 1.165) is 0 Å². The number of halogens is 5. The maximum absolute atomic E-state index is 14.3. The summed E-state index contributed by atoms with van der Waals surface area (Å²) in [6, 6.07) is 0.730. The number of likely N-dealkylation sites (N-methyl/N-ethyl adjacent to an activating group) is 1. The predicted molar refractivity (Wildman–Crippen MR) is 84.7 cm³/mol. The normalized spacial score (nSPS) is 12.9. The van der Waals surface area contributed by atoms with Gasteiger partial charge >= 0.3 is 12.1 Å². The molecule has 0 saturated carbocycles. The molecule has 1 aromatic heterocycles. The van der Waals surface area contributed by atoms with E-state index >= 15 is 0 Å². The van der Waals surface area contributed by atoms with Gasteiger partial charge in [-0.15, -0.1) is 6.58 Å². The minimum absolute atomic E-state index is 0.347. The summed E-state index contributed by atoms with van der Waals surface area (Å²) < 4.78 is 70.0. The van der Waals surface area contributed by atoms with Crippen LogP contribution in [-0.2, 0) is 6.18 Å². The third-order valence-electron chi connectivity index (χ3n) is 3.36. The smallest absolute Gasteiger partial charge is 0.344 e. The highest BCUT2D eigenvalue weighted by Gasteiger charge is 2.38. The third-order valence-corrected chi connectivity index (χ3v) is 3.36. The Morgan fingerprint density at radius 1 is 1.33 bits per heavy atom. The summed E-state index contributed by atoms with van der Waals surface area (Å²) in [6.45, 7) is 3.88. The van der Waals surface area contributed by atoms with E-state index in [0.29, 0.717) is 18.7 Å². The minimum atomic E-state index is -4.89. The van der Waals surface area contributed by atoms with E-state index in [4.69, 9.17) is 0 Å². The van der Waals surface area contributed by atoms with E-state index in [1.165, 1.54) is 6.08 Å². The van der Waals surface area contributed by atoms with Crippen molar-refractivity contribution in [1.82, 2.24) is 20.4 Å². The van der Waals surface area contributed by atoms with Crippen LogP contribution in [0.25, 0.3) is 11.4 Å². The average Bonchev–Trinajstić information content (AvgIpc) is 3.03. The van der Waals surface area contributed by atoms with Crippen LogP contribution >= 0.6 is 0 Å². The first-order chi connectivity index (χ1) is 12.5. The van der Waals surface area contributed by atoms with Crippen LogP contribution in [0.15, 0.2) is 29.3 Å². The van der Waals surface area contributed by atoms with Crippen LogP contribution in [0, 0.1) is 11.6 Å². The molecule has 2 rings (SSSR count). The summed E-state index contributed by atoms with van der Waals surface area (Å²) in [5, 5.41) is 5.45. The van der Waals surface area contributed by atoms with Gasteiger partial charge in [-0.3, -0.25) is 4.79 Å². The van der Waals surface area contributed by atoms with E-state index < -0.39 is 52.6 Å². The van der Waals surface area contributed by atoms with Crippen LogP contribution in [0.2, 0.25) is 0 Å². The molecule has 0 radical (unpaired) electrons. The topological polar surface area (TPSA) is 71.3 Å². The van der Waals surface area contributed by atoms with Crippen LogP contribution in [0.4, 0.5) is 22.0 Å². The molecule has 6 nitrogen and oxygen atoms in total. The van der Waals surface area contributed by atoms with Gasteiger partial charge < -0.3 is 14.7 Å². The Morgan fingerprint density at radius 2 is 1.93 bits per heavy atom. The fourth-order valence-electron chi connectivity index (χ4n) is 2.19. The first kappa shape index (κ1) is 20.5. The summed E-state index contributed by atoms with van der Waals surface area (Å²) in [4.78, 5) is 16.9. The van der Waals surface area contributed by atoms with Gasteiger partial charge in [0, 0.05) is 12.1 Å². The first-order valence-corrected chi connectivity index (χ1v) is 7.51. The van der Waals surface area contributed by atoms with Crippen LogP contribution in [0.3, 0.4) is 0 Å². The summed E-state index contributed by atoms with van der Waals surface area (Å²) in [5.41, 5.74) is -1.29. The quantitative estimate of drug-likeness (QED) is 0.607. The lowest BCUT2D eigenvalue weighted by atomic mass is 10.1. The molecule has 1 aromatic carbocycles. The summed E-state index contributed by atoms with van der Waals surface area (Å²) in [5.74, 6) is -5.92. The lowest BCUT2D eigenvalue weighted by molar-refractivity contribution is -0.159. The van der Waals surface area contributed by atoms with Gasteiger partial charge in [0.1, 0.15) is 17.2 Å². The number of hydrogen-bond acceptors (Lipinski definition) is 5. The molecular weight excluding hydrogens is 375 g/mol. The highest BCUT2D eigenvalue weighted by molar-refractivity contribution is 5.95. The second-order valence-corrected chi connectivity index (χ2v) is 5.81.